The van der Waals surface area contributed by atoms with Crippen molar-refractivity contribution in [3.8, 4) is 5.75 Å². The van der Waals surface area contributed by atoms with Crippen LogP contribution in [0, 0.1) is 6.92 Å². The van der Waals surface area contributed by atoms with Crippen molar-refractivity contribution in [2.45, 2.75) is 13.0 Å². The van der Waals surface area contributed by atoms with E-state index >= 15 is 0 Å². The van der Waals surface area contributed by atoms with E-state index in [4.69, 9.17) is 9.47 Å². The van der Waals surface area contributed by atoms with Crippen molar-refractivity contribution in [3.05, 3.63) is 70.8 Å². The first-order valence-electron chi connectivity index (χ1n) is 10.8. The third kappa shape index (κ3) is 4.40. The maximum absolute atomic E-state index is 13.1. The number of hydrogen-bond donors (Lipinski definition) is 1. The van der Waals surface area contributed by atoms with Crippen molar-refractivity contribution in [2.75, 3.05) is 46.5 Å². The van der Waals surface area contributed by atoms with Crippen LogP contribution in [0.15, 0.2) is 54.1 Å². The number of rotatable bonds is 6. The van der Waals surface area contributed by atoms with Crippen LogP contribution in [0.1, 0.15) is 22.7 Å². The topological polar surface area (TPSA) is 79.3 Å². The zero-order valence-corrected chi connectivity index (χ0v) is 18.4. The Morgan fingerprint density at radius 1 is 1.03 bits per heavy atom. The average molecular weight is 437 g/mol. The molecule has 4 rings (SSSR count). The molecule has 0 aromatic heterocycles. The number of Topliss-reactive ketones (excluding diaryl/α,β-unsaturated/α-hetero) is 1. The number of nitrogens with zero attached hydrogens (tertiary/aromatic N) is 2. The van der Waals surface area contributed by atoms with Gasteiger partial charge in [0.2, 0.25) is 0 Å². The predicted molar refractivity (Wildman–Crippen MR) is 120 cm³/mol. The summed E-state index contributed by atoms with van der Waals surface area (Å²) in [5.74, 6) is -0.780. The molecule has 32 heavy (non-hydrogen) atoms. The lowest BCUT2D eigenvalue weighted by Crippen LogP contribution is -2.42. The summed E-state index contributed by atoms with van der Waals surface area (Å²) < 4.78 is 10.6. The quantitative estimate of drug-likeness (QED) is 0.426. The first-order chi connectivity index (χ1) is 15.5. The summed E-state index contributed by atoms with van der Waals surface area (Å²) in [4.78, 5) is 29.9. The summed E-state index contributed by atoms with van der Waals surface area (Å²) in [5, 5.41) is 11.1. The molecule has 2 aliphatic rings. The Kier molecular flexibility index (Phi) is 6.58. The van der Waals surface area contributed by atoms with E-state index in [2.05, 4.69) is 4.90 Å². The molecular formula is C25H28N2O5. The number of carbonyl (C=O) groups is 2. The molecule has 0 saturated carbocycles. The minimum Gasteiger partial charge on any atom is -0.507 e. The minimum atomic E-state index is -0.661. The second kappa shape index (κ2) is 9.54. The van der Waals surface area contributed by atoms with Gasteiger partial charge in [-0.05, 0) is 36.8 Å². The van der Waals surface area contributed by atoms with Crippen LogP contribution in [-0.4, -0.2) is 73.1 Å². The molecule has 2 aliphatic heterocycles. The fraction of sp³-hybridized carbons (Fsp3) is 0.360. The number of benzene rings is 2. The Labute approximate surface area is 187 Å². The standard InChI is InChI=1S/C25H28N2O5/c1-17-3-5-18(6-4-17)22-21(23(28)19-7-9-20(31-2)10-8-19)24(29)25(30)27(22)12-11-26-13-15-32-16-14-26/h3-10,22,28H,11-16H2,1-2H3. The van der Waals surface area contributed by atoms with Crippen LogP contribution in [0.4, 0.5) is 0 Å². The fourth-order valence-electron chi connectivity index (χ4n) is 4.18. The first kappa shape index (κ1) is 22.0. The van der Waals surface area contributed by atoms with Gasteiger partial charge in [0.1, 0.15) is 11.5 Å². The molecule has 168 valence electrons. The van der Waals surface area contributed by atoms with E-state index in [0.29, 0.717) is 37.6 Å². The molecule has 2 aromatic carbocycles. The number of methoxy groups -OCH3 is 1. The van der Waals surface area contributed by atoms with Gasteiger partial charge >= 0.3 is 0 Å². The molecule has 2 fully saturated rings. The Balaban J connectivity index is 1.71. The number of ketones is 1. The van der Waals surface area contributed by atoms with Crippen molar-refractivity contribution in [3.63, 3.8) is 0 Å². The van der Waals surface area contributed by atoms with Gasteiger partial charge in [-0.1, -0.05) is 29.8 Å². The van der Waals surface area contributed by atoms with E-state index in [1.54, 1.807) is 36.3 Å². The van der Waals surface area contributed by atoms with E-state index in [1.165, 1.54) is 0 Å². The summed E-state index contributed by atoms with van der Waals surface area (Å²) in [6.07, 6.45) is 0. The molecule has 1 amide bonds. The van der Waals surface area contributed by atoms with Gasteiger partial charge in [-0.3, -0.25) is 14.5 Å². The fourth-order valence-corrected chi connectivity index (χ4v) is 4.18. The van der Waals surface area contributed by atoms with Gasteiger partial charge < -0.3 is 19.5 Å². The number of aliphatic hydroxyl groups excluding tert-OH is 1. The highest BCUT2D eigenvalue weighted by molar-refractivity contribution is 6.46. The van der Waals surface area contributed by atoms with E-state index in [9.17, 15) is 14.7 Å². The number of morpholine rings is 1. The van der Waals surface area contributed by atoms with Crippen LogP contribution in [0.3, 0.4) is 0 Å². The van der Waals surface area contributed by atoms with Gasteiger partial charge in [-0.15, -0.1) is 0 Å². The summed E-state index contributed by atoms with van der Waals surface area (Å²) in [5.41, 5.74) is 2.46. The number of likely N-dealkylation sites (tertiary alicyclic amines) is 1. The van der Waals surface area contributed by atoms with E-state index < -0.39 is 17.7 Å². The lowest BCUT2D eigenvalue weighted by atomic mass is 9.94. The van der Waals surface area contributed by atoms with Gasteiger partial charge in [0, 0.05) is 31.7 Å². The normalized spacial score (nSPS) is 21.2. The molecule has 0 bridgehead atoms. The summed E-state index contributed by atoms with van der Waals surface area (Å²) in [7, 11) is 1.56. The molecule has 7 nitrogen and oxygen atoms in total. The lowest BCUT2D eigenvalue weighted by molar-refractivity contribution is -0.140. The Morgan fingerprint density at radius 3 is 2.31 bits per heavy atom. The summed E-state index contributed by atoms with van der Waals surface area (Å²) in [6.45, 7) is 5.94. The maximum atomic E-state index is 13.1. The second-order valence-corrected chi connectivity index (χ2v) is 8.09. The van der Waals surface area contributed by atoms with E-state index in [0.717, 1.165) is 24.2 Å². The highest BCUT2D eigenvalue weighted by Gasteiger charge is 2.46. The molecule has 1 atom stereocenters. The molecular weight excluding hydrogens is 408 g/mol. The van der Waals surface area contributed by atoms with Gasteiger partial charge in [0.25, 0.3) is 11.7 Å². The van der Waals surface area contributed by atoms with Gasteiger partial charge in [-0.2, -0.15) is 0 Å². The number of ether oxygens (including phenoxy) is 2. The zero-order valence-electron chi connectivity index (χ0n) is 18.4. The highest BCUT2D eigenvalue weighted by atomic mass is 16.5. The van der Waals surface area contributed by atoms with Gasteiger partial charge in [-0.25, -0.2) is 0 Å². The Morgan fingerprint density at radius 2 is 1.69 bits per heavy atom. The SMILES string of the molecule is COc1ccc(C(O)=C2C(=O)C(=O)N(CCN3CCOCC3)C2c2ccc(C)cc2)cc1. The molecule has 1 unspecified atom stereocenters. The van der Waals surface area contributed by atoms with Crippen LogP contribution in [0.25, 0.3) is 5.76 Å². The Bertz CT molecular complexity index is 1010. The molecule has 2 heterocycles. The minimum absolute atomic E-state index is 0.117. The van der Waals surface area contributed by atoms with Crippen LogP contribution in [0.5, 0.6) is 5.75 Å². The van der Waals surface area contributed by atoms with Gasteiger partial charge in [0.05, 0.1) is 31.9 Å². The third-order valence-electron chi connectivity index (χ3n) is 6.06. The summed E-state index contributed by atoms with van der Waals surface area (Å²) >= 11 is 0. The first-order valence-corrected chi connectivity index (χ1v) is 10.8. The average Bonchev–Trinajstić information content (AvgIpc) is 3.08. The molecule has 2 saturated heterocycles. The molecule has 0 aliphatic carbocycles. The van der Waals surface area contributed by atoms with Crippen LogP contribution < -0.4 is 4.74 Å². The number of amides is 1. The summed E-state index contributed by atoms with van der Waals surface area (Å²) in [6, 6.07) is 13.9. The molecule has 0 radical (unpaired) electrons. The molecule has 7 heteroatoms. The van der Waals surface area contributed by atoms with Crippen molar-refractivity contribution in [1.29, 1.82) is 0 Å². The number of aliphatic hydroxyl groups is 1. The largest absolute Gasteiger partial charge is 0.507 e. The highest BCUT2D eigenvalue weighted by Crippen LogP contribution is 2.39. The lowest BCUT2D eigenvalue weighted by Gasteiger charge is -2.31. The van der Waals surface area contributed by atoms with Crippen LogP contribution in [0.2, 0.25) is 0 Å². The van der Waals surface area contributed by atoms with E-state index in [-0.39, 0.29) is 11.3 Å². The number of carbonyl (C=O) groups excluding carboxylic acids is 2. The zero-order chi connectivity index (χ0) is 22.7. The molecule has 0 spiro atoms. The number of hydrogen-bond acceptors (Lipinski definition) is 6. The second-order valence-electron chi connectivity index (χ2n) is 8.09. The maximum Gasteiger partial charge on any atom is 0.295 e. The van der Waals surface area contributed by atoms with Crippen molar-refractivity contribution < 1.29 is 24.2 Å². The van der Waals surface area contributed by atoms with Crippen LogP contribution >= 0.6 is 0 Å². The number of aryl methyl sites for hydroxylation is 1. The van der Waals surface area contributed by atoms with Crippen LogP contribution in [-0.2, 0) is 14.3 Å². The Hall–Kier alpha value is -3.16. The van der Waals surface area contributed by atoms with Gasteiger partial charge in [0.15, 0.2) is 0 Å². The van der Waals surface area contributed by atoms with Crippen molar-refractivity contribution in [2.24, 2.45) is 0 Å². The molecule has 2 aromatic rings. The van der Waals surface area contributed by atoms with Crippen molar-refractivity contribution in [1.82, 2.24) is 9.80 Å². The third-order valence-corrected chi connectivity index (χ3v) is 6.06. The van der Waals surface area contributed by atoms with Crippen molar-refractivity contribution >= 4 is 17.4 Å². The van der Waals surface area contributed by atoms with E-state index in [1.807, 2.05) is 31.2 Å². The molecule has 1 N–H and O–H groups in total. The monoisotopic (exact) mass is 436 g/mol. The smallest absolute Gasteiger partial charge is 0.295 e. The predicted octanol–water partition coefficient (Wildman–Crippen LogP) is 2.76.